The molecule has 2 N–H and O–H groups in total. The summed E-state index contributed by atoms with van der Waals surface area (Å²) in [4.78, 5) is 0. The van der Waals surface area contributed by atoms with Crippen molar-refractivity contribution in [1.29, 1.82) is 0 Å². The van der Waals surface area contributed by atoms with E-state index in [9.17, 15) is 0 Å². The maximum atomic E-state index is 5.47. The van der Waals surface area contributed by atoms with Crippen molar-refractivity contribution in [3.05, 3.63) is 11.6 Å². The van der Waals surface area contributed by atoms with E-state index in [0.717, 1.165) is 44.0 Å². The zero-order valence-corrected chi connectivity index (χ0v) is 8.45. The highest BCUT2D eigenvalue weighted by Gasteiger charge is 2.06. The van der Waals surface area contributed by atoms with Gasteiger partial charge in [-0.25, -0.2) is 0 Å². The predicted octanol–water partition coefficient (Wildman–Crippen LogP) is 0.888. The molecule has 74 valence electrons. The third-order valence-corrected chi connectivity index (χ3v) is 2.07. The first-order valence-electron chi connectivity index (χ1n) is 4.88. The molecule has 1 rings (SSSR count). The Morgan fingerprint density at radius 1 is 1.38 bits per heavy atom. The molecular weight excluding hydrogens is 164 g/mol. The molecule has 0 bridgehead atoms. The lowest BCUT2D eigenvalue weighted by Gasteiger charge is -2.06. The molecule has 13 heavy (non-hydrogen) atoms. The summed E-state index contributed by atoms with van der Waals surface area (Å²) >= 11 is 0. The van der Waals surface area contributed by atoms with Crippen LogP contribution >= 0.6 is 0 Å². The Hall–Kier alpha value is -0.900. The zero-order chi connectivity index (χ0) is 9.68. The Balaban J connectivity index is 2.69. The van der Waals surface area contributed by atoms with Crippen LogP contribution in [0.25, 0.3) is 0 Å². The van der Waals surface area contributed by atoms with E-state index in [1.165, 1.54) is 0 Å². The van der Waals surface area contributed by atoms with Crippen molar-refractivity contribution in [2.75, 3.05) is 6.54 Å². The Kier molecular flexibility index (Phi) is 3.89. The van der Waals surface area contributed by atoms with Gasteiger partial charge in [0.1, 0.15) is 11.6 Å². The van der Waals surface area contributed by atoms with Gasteiger partial charge in [0.2, 0.25) is 0 Å². The molecule has 1 heterocycles. The molecule has 0 fully saturated rings. The Labute approximate surface area is 79.2 Å². The topological polar surface area (TPSA) is 56.7 Å². The first-order valence-corrected chi connectivity index (χ1v) is 4.88. The van der Waals surface area contributed by atoms with Crippen molar-refractivity contribution in [3.63, 3.8) is 0 Å². The number of aromatic nitrogens is 3. The molecule has 0 spiro atoms. The van der Waals surface area contributed by atoms with Crippen LogP contribution in [0.2, 0.25) is 0 Å². The van der Waals surface area contributed by atoms with E-state index >= 15 is 0 Å². The summed E-state index contributed by atoms with van der Waals surface area (Å²) in [5.74, 6) is 2.09. The smallest absolute Gasteiger partial charge is 0.132 e. The lowest BCUT2D eigenvalue weighted by molar-refractivity contribution is 0.599. The van der Waals surface area contributed by atoms with Crippen LogP contribution in [0, 0.1) is 6.92 Å². The fraction of sp³-hybridized carbons (Fsp3) is 0.778. The van der Waals surface area contributed by atoms with Gasteiger partial charge < -0.3 is 10.3 Å². The number of nitrogens with two attached hydrogens (primary N) is 1. The molecule has 0 amide bonds. The molecule has 0 saturated heterocycles. The van der Waals surface area contributed by atoms with E-state index in [2.05, 4.69) is 21.7 Å². The van der Waals surface area contributed by atoms with E-state index in [1.807, 2.05) is 6.92 Å². The molecule has 4 nitrogen and oxygen atoms in total. The van der Waals surface area contributed by atoms with Gasteiger partial charge >= 0.3 is 0 Å². The molecule has 1 aromatic heterocycles. The normalized spacial score (nSPS) is 10.7. The maximum Gasteiger partial charge on any atom is 0.132 e. The van der Waals surface area contributed by atoms with Gasteiger partial charge in [0.05, 0.1) is 0 Å². The number of hydrogen-bond donors (Lipinski definition) is 1. The number of hydrogen-bond acceptors (Lipinski definition) is 3. The highest BCUT2D eigenvalue weighted by atomic mass is 15.3. The lowest BCUT2D eigenvalue weighted by Crippen LogP contribution is -2.10. The van der Waals surface area contributed by atoms with Crippen LogP contribution in [0.4, 0.5) is 0 Å². The van der Waals surface area contributed by atoms with Crippen LogP contribution in [-0.4, -0.2) is 21.3 Å². The molecule has 0 aromatic carbocycles. The first-order chi connectivity index (χ1) is 6.29. The third-order valence-electron chi connectivity index (χ3n) is 2.07. The third kappa shape index (κ3) is 2.52. The fourth-order valence-corrected chi connectivity index (χ4v) is 1.37. The van der Waals surface area contributed by atoms with Crippen molar-refractivity contribution in [2.24, 2.45) is 5.73 Å². The summed E-state index contributed by atoms with van der Waals surface area (Å²) in [7, 11) is 0. The van der Waals surface area contributed by atoms with Crippen molar-refractivity contribution >= 4 is 0 Å². The highest BCUT2D eigenvalue weighted by molar-refractivity contribution is 4.93. The minimum absolute atomic E-state index is 0.725. The Morgan fingerprint density at radius 3 is 2.77 bits per heavy atom. The molecule has 1 aromatic rings. The summed E-state index contributed by atoms with van der Waals surface area (Å²) in [5, 5.41) is 8.19. The van der Waals surface area contributed by atoms with Crippen molar-refractivity contribution < 1.29 is 0 Å². The van der Waals surface area contributed by atoms with Crippen molar-refractivity contribution in [2.45, 2.75) is 39.7 Å². The Morgan fingerprint density at radius 2 is 2.15 bits per heavy atom. The standard InChI is InChI=1S/C9H18N4/c1-3-5-9-12-11-8(2)13(9)7-4-6-10/h3-7,10H2,1-2H3. The Bertz CT molecular complexity index is 254. The van der Waals surface area contributed by atoms with Crippen LogP contribution in [0.5, 0.6) is 0 Å². The summed E-state index contributed by atoms with van der Waals surface area (Å²) in [6.45, 7) is 5.81. The average molecular weight is 182 g/mol. The van der Waals surface area contributed by atoms with Crippen molar-refractivity contribution in [3.8, 4) is 0 Å². The second kappa shape index (κ2) is 4.97. The minimum Gasteiger partial charge on any atom is -0.330 e. The van der Waals surface area contributed by atoms with Gasteiger partial charge in [0.25, 0.3) is 0 Å². The van der Waals surface area contributed by atoms with Crippen LogP contribution in [0.3, 0.4) is 0 Å². The monoisotopic (exact) mass is 182 g/mol. The van der Waals surface area contributed by atoms with Crippen LogP contribution in [0.1, 0.15) is 31.4 Å². The lowest BCUT2D eigenvalue weighted by atomic mass is 10.3. The predicted molar refractivity (Wildman–Crippen MR) is 52.4 cm³/mol. The summed E-state index contributed by atoms with van der Waals surface area (Å²) < 4.78 is 2.16. The van der Waals surface area contributed by atoms with Gasteiger partial charge in [-0.15, -0.1) is 10.2 Å². The van der Waals surface area contributed by atoms with Crippen LogP contribution in [0.15, 0.2) is 0 Å². The van der Waals surface area contributed by atoms with Gasteiger partial charge in [-0.2, -0.15) is 0 Å². The molecule has 4 heteroatoms. The average Bonchev–Trinajstić information content (AvgIpc) is 2.45. The molecule has 0 saturated carbocycles. The number of nitrogens with zero attached hydrogens (tertiary/aromatic N) is 3. The number of rotatable bonds is 5. The van der Waals surface area contributed by atoms with E-state index < -0.39 is 0 Å². The summed E-state index contributed by atoms with van der Waals surface area (Å²) in [5.41, 5.74) is 5.47. The van der Waals surface area contributed by atoms with E-state index in [0.29, 0.717) is 0 Å². The second-order valence-corrected chi connectivity index (χ2v) is 3.21. The summed E-state index contributed by atoms with van der Waals surface area (Å²) in [6, 6.07) is 0. The fourth-order valence-electron chi connectivity index (χ4n) is 1.37. The molecule has 0 aliphatic carbocycles. The van der Waals surface area contributed by atoms with Gasteiger partial charge in [0.15, 0.2) is 0 Å². The van der Waals surface area contributed by atoms with Gasteiger partial charge in [-0.1, -0.05) is 6.92 Å². The molecule has 0 unspecified atom stereocenters. The molecule has 0 aliphatic heterocycles. The largest absolute Gasteiger partial charge is 0.330 e. The number of aryl methyl sites for hydroxylation is 2. The zero-order valence-electron chi connectivity index (χ0n) is 8.45. The van der Waals surface area contributed by atoms with Gasteiger partial charge in [-0.05, 0) is 26.3 Å². The molecule has 0 atom stereocenters. The van der Waals surface area contributed by atoms with E-state index in [1.54, 1.807) is 0 Å². The van der Waals surface area contributed by atoms with Gasteiger partial charge in [-0.3, -0.25) is 0 Å². The van der Waals surface area contributed by atoms with E-state index in [4.69, 9.17) is 5.73 Å². The highest BCUT2D eigenvalue weighted by Crippen LogP contribution is 2.04. The molecule has 0 aliphatic rings. The SMILES string of the molecule is CCCc1nnc(C)n1CCCN. The summed E-state index contributed by atoms with van der Waals surface area (Å²) in [6.07, 6.45) is 3.11. The first kappa shape index (κ1) is 10.2. The van der Waals surface area contributed by atoms with E-state index in [-0.39, 0.29) is 0 Å². The van der Waals surface area contributed by atoms with Crippen molar-refractivity contribution in [1.82, 2.24) is 14.8 Å². The van der Waals surface area contributed by atoms with Crippen LogP contribution < -0.4 is 5.73 Å². The molecular formula is C9H18N4. The minimum atomic E-state index is 0.725. The second-order valence-electron chi connectivity index (χ2n) is 3.21. The maximum absolute atomic E-state index is 5.47. The quantitative estimate of drug-likeness (QED) is 0.735. The van der Waals surface area contributed by atoms with Gasteiger partial charge in [0, 0.05) is 13.0 Å². The van der Waals surface area contributed by atoms with Crippen LogP contribution in [-0.2, 0) is 13.0 Å². The molecule has 0 radical (unpaired) electrons.